The highest BCUT2D eigenvalue weighted by Crippen LogP contribution is 2.21. The van der Waals surface area contributed by atoms with Crippen LogP contribution in [0.2, 0.25) is 0 Å². The van der Waals surface area contributed by atoms with Gasteiger partial charge in [-0.15, -0.1) is 11.8 Å². The molecule has 0 saturated carbocycles. The average Bonchev–Trinajstić information content (AvgIpc) is 3.10. The Labute approximate surface area is 149 Å². The number of oxazole rings is 1. The van der Waals surface area contributed by atoms with E-state index in [1.807, 2.05) is 30.5 Å². The molecule has 0 aliphatic rings. The smallest absolute Gasteiger partial charge is 0.224 e. The van der Waals surface area contributed by atoms with Gasteiger partial charge in [0.2, 0.25) is 5.91 Å². The van der Waals surface area contributed by atoms with Crippen molar-refractivity contribution < 1.29 is 13.6 Å². The van der Waals surface area contributed by atoms with Crippen LogP contribution in [-0.2, 0) is 11.2 Å². The van der Waals surface area contributed by atoms with Crippen molar-refractivity contribution >= 4 is 23.4 Å². The molecule has 0 fully saturated rings. The van der Waals surface area contributed by atoms with Crippen LogP contribution >= 0.6 is 11.8 Å². The minimum absolute atomic E-state index is 0.0987. The van der Waals surface area contributed by atoms with Crippen molar-refractivity contribution in [2.75, 3.05) is 11.6 Å². The number of benzene rings is 2. The van der Waals surface area contributed by atoms with Gasteiger partial charge in [0.25, 0.3) is 0 Å². The molecule has 6 heteroatoms. The van der Waals surface area contributed by atoms with Crippen LogP contribution in [-0.4, -0.2) is 17.1 Å². The molecule has 0 radical (unpaired) electrons. The standard InChI is InChI=1S/C19H17FN2O2S/c1-25-16-8-6-15(7-9-16)22-18(23)10-11-19-21-12-17(24-19)13-2-4-14(20)5-3-13/h2-9,12H,10-11H2,1H3,(H,22,23). The zero-order chi connectivity index (χ0) is 17.6. The first kappa shape index (κ1) is 17.2. The molecule has 0 spiro atoms. The van der Waals surface area contributed by atoms with Gasteiger partial charge in [-0.3, -0.25) is 4.79 Å². The first-order valence-electron chi connectivity index (χ1n) is 7.78. The molecule has 0 saturated heterocycles. The fourth-order valence-electron chi connectivity index (χ4n) is 2.29. The third-order valence-corrected chi connectivity index (χ3v) is 4.37. The maximum atomic E-state index is 12.9. The largest absolute Gasteiger partial charge is 0.441 e. The average molecular weight is 356 g/mol. The molecule has 1 N–H and O–H groups in total. The van der Waals surface area contributed by atoms with Gasteiger partial charge in [0.05, 0.1) is 6.20 Å². The summed E-state index contributed by atoms with van der Waals surface area (Å²) in [7, 11) is 0. The molecule has 3 aromatic rings. The van der Waals surface area contributed by atoms with E-state index in [-0.39, 0.29) is 18.1 Å². The lowest BCUT2D eigenvalue weighted by Gasteiger charge is -2.05. The monoisotopic (exact) mass is 356 g/mol. The Morgan fingerprint density at radius 1 is 1.16 bits per heavy atom. The first-order chi connectivity index (χ1) is 12.1. The van der Waals surface area contributed by atoms with Crippen molar-refractivity contribution in [3.8, 4) is 11.3 Å². The Morgan fingerprint density at radius 3 is 2.56 bits per heavy atom. The van der Waals surface area contributed by atoms with Crippen molar-refractivity contribution in [1.82, 2.24) is 4.98 Å². The molecule has 1 amide bonds. The van der Waals surface area contributed by atoms with Crippen molar-refractivity contribution in [2.24, 2.45) is 0 Å². The maximum absolute atomic E-state index is 12.9. The Balaban J connectivity index is 1.54. The maximum Gasteiger partial charge on any atom is 0.224 e. The van der Waals surface area contributed by atoms with Crippen LogP contribution in [0.5, 0.6) is 0 Å². The number of hydrogen-bond donors (Lipinski definition) is 1. The van der Waals surface area contributed by atoms with Gasteiger partial charge < -0.3 is 9.73 Å². The number of carbonyl (C=O) groups excluding carboxylic acids is 1. The van der Waals surface area contributed by atoms with E-state index in [1.165, 1.54) is 12.1 Å². The van der Waals surface area contributed by atoms with Crippen molar-refractivity contribution in [1.29, 1.82) is 0 Å². The molecule has 3 rings (SSSR count). The zero-order valence-corrected chi connectivity index (χ0v) is 14.5. The Bertz CT molecular complexity index is 845. The highest BCUT2D eigenvalue weighted by atomic mass is 32.2. The van der Waals surface area contributed by atoms with Crippen LogP contribution in [0.25, 0.3) is 11.3 Å². The minimum atomic E-state index is -0.300. The summed E-state index contributed by atoms with van der Waals surface area (Å²) in [5, 5.41) is 2.85. The summed E-state index contributed by atoms with van der Waals surface area (Å²) in [6.45, 7) is 0. The topological polar surface area (TPSA) is 55.1 Å². The molecule has 0 aliphatic carbocycles. The Kier molecular flexibility index (Phi) is 5.50. The molecule has 0 aliphatic heterocycles. The molecular formula is C19H17FN2O2S. The van der Waals surface area contributed by atoms with Gasteiger partial charge >= 0.3 is 0 Å². The summed E-state index contributed by atoms with van der Waals surface area (Å²) in [4.78, 5) is 17.3. The van der Waals surface area contributed by atoms with E-state index < -0.39 is 0 Å². The zero-order valence-electron chi connectivity index (χ0n) is 13.7. The van der Waals surface area contributed by atoms with Crippen molar-refractivity contribution in [2.45, 2.75) is 17.7 Å². The summed E-state index contributed by atoms with van der Waals surface area (Å²) >= 11 is 1.65. The number of carbonyl (C=O) groups is 1. The van der Waals surface area contributed by atoms with Crippen molar-refractivity contribution in [3.05, 3.63) is 66.4 Å². The number of nitrogens with zero attached hydrogens (tertiary/aromatic N) is 1. The first-order valence-corrected chi connectivity index (χ1v) is 9.01. The fraction of sp³-hybridized carbons (Fsp3) is 0.158. The second-order valence-corrected chi connectivity index (χ2v) is 6.28. The fourth-order valence-corrected chi connectivity index (χ4v) is 2.70. The van der Waals surface area contributed by atoms with Gasteiger partial charge in [-0.2, -0.15) is 0 Å². The number of hydrogen-bond acceptors (Lipinski definition) is 4. The van der Waals surface area contributed by atoms with E-state index in [1.54, 1.807) is 30.1 Å². The second-order valence-electron chi connectivity index (χ2n) is 5.40. The van der Waals surface area contributed by atoms with Gasteiger partial charge in [-0.25, -0.2) is 9.37 Å². The highest BCUT2D eigenvalue weighted by molar-refractivity contribution is 7.98. The van der Waals surface area contributed by atoms with Gasteiger partial charge in [0.1, 0.15) is 5.82 Å². The minimum Gasteiger partial charge on any atom is -0.441 e. The summed E-state index contributed by atoms with van der Waals surface area (Å²) in [6.07, 6.45) is 4.26. The normalized spacial score (nSPS) is 10.6. The van der Waals surface area contributed by atoms with Crippen LogP contribution in [0, 0.1) is 5.82 Å². The SMILES string of the molecule is CSc1ccc(NC(=O)CCc2ncc(-c3ccc(F)cc3)o2)cc1. The highest BCUT2D eigenvalue weighted by Gasteiger charge is 2.09. The van der Waals surface area contributed by atoms with E-state index in [2.05, 4.69) is 10.3 Å². The molecule has 128 valence electrons. The Hall–Kier alpha value is -2.60. The predicted octanol–water partition coefficient (Wildman–Crippen LogP) is 4.77. The molecule has 4 nitrogen and oxygen atoms in total. The number of aromatic nitrogens is 1. The van der Waals surface area contributed by atoms with E-state index >= 15 is 0 Å². The molecule has 0 bridgehead atoms. The van der Waals surface area contributed by atoms with Crippen molar-refractivity contribution in [3.63, 3.8) is 0 Å². The predicted molar refractivity (Wildman–Crippen MR) is 97.1 cm³/mol. The summed E-state index contributed by atoms with van der Waals surface area (Å²) in [5.74, 6) is 0.638. The number of anilines is 1. The molecule has 2 aromatic carbocycles. The lowest BCUT2D eigenvalue weighted by Crippen LogP contribution is -2.12. The molecule has 0 atom stereocenters. The van der Waals surface area contributed by atoms with Crippen LogP contribution in [0.3, 0.4) is 0 Å². The van der Waals surface area contributed by atoms with E-state index in [4.69, 9.17) is 4.42 Å². The van der Waals surface area contributed by atoms with Gasteiger partial charge in [0, 0.05) is 29.0 Å². The molecule has 1 heterocycles. The van der Waals surface area contributed by atoms with Gasteiger partial charge in [-0.1, -0.05) is 0 Å². The third kappa shape index (κ3) is 4.70. The lowest BCUT2D eigenvalue weighted by atomic mass is 10.2. The molecule has 25 heavy (non-hydrogen) atoms. The summed E-state index contributed by atoms with van der Waals surface area (Å²) in [5.41, 5.74) is 1.51. The van der Waals surface area contributed by atoms with E-state index in [0.717, 1.165) is 16.1 Å². The van der Waals surface area contributed by atoms with Crippen LogP contribution in [0.4, 0.5) is 10.1 Å². The van der Waals surface area contributed by atoms with Crippen LogP contribution in [0.1, 0.15) is 12.3 Å². The number of halogens is 1. The Morgan fingerprint density at radius 2 is 1.88 bits per heavy atom. The lowest BCUT2D eigenvalue weighted by molar-refractivity contribution is -0.116. The summed E-state index contributed by atoms with van der Waals surface area (Å²) < 4.78 is 18.6. The summed E-state index contributed by atoms with van der Waals surface area (Å²) in [6, 6.07) is 13.7. The van der Waals surface area contributed by atoms with Crippen LogP contribution in [0.15, 0.2) is 64.0 Å². The van der Waals surface area contributed by atoms with Gasteiger partial charge in [0.15, 0.2) is 11.7 Å². The van der Waals surface area contributed by atoms with E-state index in [0.29, 0.717) is 18.1 Å². The number of thioether (sulfide) groups is 1. The number of rotatable bonds is 6. The quantitative estimate of drug-likeness (QED) is 0.646. The number of nitrogens with one attached hydrogen (secondary N) is 1. The third-order valence-electron chi connectivity index (χ3n) is 3.62. The van der Waals surface area contributed by atoms with E-state index in [9.17, 15) is 9.18 Å². The molecular weight excluding hydrogens is 339 g/mol. The number of aryl methyl sites for hydroxylation is 1. The molecule has 0 unspecified atom stereocenters. The second kappa shape index (κ2) is 7.98. The van der Waals surface area contributed by atoms with Crippen LogP contribution < -0.4 is 5.32 Å². The van der Waals surface area contributed by atoms with Gasteiger partial charge in [-0.05, 0) is 54.8 Å². The number of amides is 1. The molecule has 1 aromatic heterocycles.